The van der Waals surface area contributed by atoms with Crippen LogP contribution in [0.1, 0.15) is 49.5 Å². The van der Waals surface area contributed by atoms with Crippen LogP contribution >= 0.6 is 0 Å². The standard InChI is InChI=1S/C17H27N3O/c1-13-4-6-14(7-5-13)8-10-18-15-9-11-19-16(12-15)17(21)20(2)3/h9,11-14H,4-8,10H2,1-3H3,(H,18,19). The van der Waals surface area contributed by atoms with E-state index in [4.69, 9.17) is 0 Å². The van der Waals surface area contributed by atoms with E-state index < -0.39 is 0 Å². The number of pyridine rings is 1. The fraction of sp³-hybridized carbons (Fsp3) is 0.647. The molecule has 0 spiro atoms. The van der Waals surface area contributed by atoms with Crippen LogP contribution in [0.25, 0.3) is 0 Å². The molecule has 1 aromatic heterocycles. The summed E-state index contributed by atoms with van der Waals surface area (Å²) in [5.41, 5.74) is 1.48. The maximum absolute atomic E-state index is 11.9. The number of carbonyl (C=O) groups is 1. The SMILES string of the molecule is CC1CCC(CCNc2ccnc(C(=O)N(C)C)c2)CC1. The van der Waals surface area contributed by atoms with Crippen molar-refractivity contribution in [2.24, 2.45) is 11.8 Å². The van der Waals surface area contributed by atoms with E-state index in [1.807, 2.05) is 12.1 Å². The van der Waals surface area contributed by atoms with Crippen LogP contribution in [0.3, 0.4) is 0 Å². The van der Waals surface area contributed by atoms with Crippen LogP contribution in [-0.4, -0.2) is 36.4 Å². The molecule has 4 heteroatoms. The highest BCUT2D eigenvalue weighted by Crippen LogP contribution is 2.30. The maximum Gasteiger partial charge on any atom is 0.272 e. The first-order valence-corrected chi connectivity index (χ1v) is 7.98. The molecular formula is C17H27N3O. The number of aromatic nitrogens is 1. The van der Waals surface area contributed by atoms with Gasteiger partial charge >= 0.3 is 0 Å². The van der Waals surface area contributed by atoms with Crippen LogP contribution in [-0.2, 0) is 0 Å². The predicted molar refractivity (Wildman–Crippen MR) is 86.5 cm³/mol. The molecule has 1 aliphatic carbocycles. The highest BCUT2D eigenvalue weighted by molar-refractivity contribution is 5.92. The summed E-state index contributed by atoms with van der Waals surface area (Å²) in [6.45, 7) is 3.33. The van der Waals surface area contributed by atoms with Crippen molar-refractivity contribution in [3.8, 4) is 0 Å². The summed E-state index contributed by atoms with van der Waals surface area (Å²) >= 11 is 0. The van der Waals surface area contributed by atoms with E-state index in [1.165, 1.54) is 32.1 Å². The molecule has 1 aromatic rings. The Labute approximate surface area is 127 Å². The van der Waals surface area contributed by atoms with Crippen LogP contribution in [0.5, 0.6) is 0 Å². The van der Waals surface area contributed by atoms with Crippen molar-refractivity contribution in [2.75, 3.05) is 26.0 Å². The third-order valence-corrected chi connectivity index (χ3v) is 4.40. The summed E-state index contributed by atoms with van der Waals surface area (Å²) in [7, 11) is 3.49. The van der Waals surface area contributed by atoms with Gasteiger partial charge in [0.15, 0.2) is 0 Å². The van der Waals surface area contributed by atoms with E-state index in [0.29, 0.717) is 5.69 Å². The second kappa shape index (κ2) is 7.43. The fourth-order valence-electron chi connectivity index (χ4n) is 2.92. The number of nitrogens with zero attached hydrogens (tertiary/aromatic N) is 2. The van der Waals surface area contributed by atoms with E-state index in [1.54, 1.807) is 25.2 Å². The van der Waals surface area contributed by atoms with Gasteiger partial charge in [0.2, 0.25) is 0 Å². The monoisotopic (exact) mass is 289 g/mol. The number of hydrogen-bond donors (Lipinski definition) is 1. The Hall–Kier alpha value is -1.58. The third kappa shape index (κ3) is 4.73. The van der Waals surface area contributed by atoms with E-state index in [2.05, 4.69) is 17.2 Å². The van der Waals surface area contributed by atoms with E-state index >= 15 is 0 Å². The Balaban J connectivity index is 1.81. The number of amides is 1. The highest BCUT2D eigenvalue weighted by atomic mass is 16.2. The second-order valence-electron chi connectivity index (χ2n) is 6.47. The minimum atomic E-state index is -0.0556. The molecular weight excluding hydrogens is 262 g/mol. The molecule has 0 atom stereocenters. The lowest BCUT2D eigenvalue weighted by molar-refractivity contribution is 0.0822. The number of carbonyl (C=O) groups excluding carboxylic acids is 1. The van der Waals surface area contributed by atoms with Crippen LogP contribution in [0.2, 0.25) is 0 Å². The lowest BCUT2D eigenvalue weighted by Gasteiger charge is -2.26. The average Bonchev–Trinajstić information content (AvgIpc) is 2.49. The number of nitrogens with one attached hydrogen (secondary N) is 1. The molecule has 116 valence electrons. The topological polar surface area (TPSA) is 45.2 Å². The van der Waals surface area contributed by atoms with Crippen molar-refractivity contribution >= 4 is 11.6 Å². The van der Waals surface area contributed by atoms with Gasteiger partial charge in [-0.25, -0.2) is 0 Å². The minimum Gasteiger partial charge on any atom is -0.385 e. The molecule has 1 saturated carbocycles. The molecule has 1 heterocycles. The van der Waals surface area contributed by atoms with E-state index in [9.17, 15) is 4.79 Å². The number of anilines is 1. The first-order valence-electron chi connectivity index (χ1n) is 7.98. The minimum absolute atomic E-state index is 0.0556. The fourth-order valence-corrected chi connectivity index (χ4v) is 2.92. The van der Waals surface area contributed by atoms with E-state index in [-0.39, 0.29) is 5.91 Å². The van der Waals surface area contributed by atoms with Gasteiger partial charge in [-0.05, 0) is 30.4 Å². The molecule has 1 aliphatic rings. The van der Waals surface area contributed by atoms with Crippen molar-refractivity contribution in [2.45, 2.75) is 39.0 Å². The van der Waals surface area contributed by atoms with Gasteiger partial charge in [0.05, 0.1) is 0 Å². The number of rotatable bonds is 5. The van der Waals surface area contributed by atoms with Gasteiger partial charge in [-0.15, -0.1) is 0 Å². The van der Waals surface area contributed by atoms with Crippen LogP contribution < -0.4 is 5.32 Å². The molecule has 0 bridgehead atoms. The summed E-state index contributed by atoms with van der Waals surface area (Å²) < 4.78 is 0. The Morgan fingerprint density at radius 1 is 1.33 bits per heavy atom. The van der Waals surface area contributed by atoms with Crippen molar-refractivity contribution in [3.05, 3.63) is 24.0 Å². The summed E-state index contributed by atoms with van der Waals surface area (Å²) in [6, 6.07) is 3.76. The molecule has 1 N–H and O–H groups in total. The van der Waals surface area contributed by atoms with Gasteiger partial charge in [-0.2, -0.15) is 0 Å². The van der Waals surface area contributed by atoms with Crippen molar-refractivity contribution in [1.82, 2.24) is 9.88 Å². The van der Waals surface area contributed by atoms with Gasteiger partial charge in [-0.3, -0.25) is 9.78 Å². The van der Waals surface area contributed by atoms with Crippen LogP contribution in [0, 0.1) is 11.8 Å². The van der Waals surface area contributed by atoms with Crippen LogP contribution in [0.4, 0.5) is 5.69 Å². The second-order valence-corrected chi connectivity index (χ2v) is 6.47. The molecule has 0 saturated heterocycles. The van der Waals surface area contributed by atoms with Crippen molar-refractivity contribution < 1.29 is 4.79 Å². The van der Waals surface area contributed by atoms with Crippen molar-refractivity contribution in [1.29, 1.82) is 0 Å². The van der Waals surface area contributed by atoms with Crippen molar-refractivity contribution in [3.63, 3.8) is 0 Å². The van der Waals surface area contributed by atoms with Gasteiger partial charge in [0.25, 0.3) is 5.91 Å². The smallest absolute Gasteiger partial charge is 0.272 e. The zero-order valence-electron chi connectivity index (χ0n) is 13.4. The van der Waals surface area contributed by atoms with Gasteiger partial charge in [0.1, 0.15) is 5.69 Å². The summed E-state index contributed by atoms with van der Waals surface area (Å²) in [5.74, 6) is 1.72. The first-order chi connectivity index (χ1) is 10.1. The summed E-state index contributed by atoms with van der Waals surface area (Å²) in [5, 5.41) is 3.43. The Morgan fingerprint density at radius 2 is 2.05 bits per heavy atom. The van der Waals surface area contributed by atoms with Crippen LogP contribution in [0.15, 0.2) is 18.3 Å². The van der Waals surface area contributed by atoms with Gasteiger partial charge in [-0.1, -0.05) is 32.6 Å². The first kappa shape index (κ1) is 15.8. The molecule has 21 heavy (non-hydrogen) atoms. The summed E-state index contributed by atoms with van der Waals surface area (Å²) in [4.78, 5) is 17.6. The Bertz CT molecular complexity index is 465. The summed E-state index contributed by atoms with van der Waals surface area (Å²) in [6.07, 6.45) is 8.39. The maximum atomic E-state index is 11.9. The molecule has 0 radical (unpaired) electrons. The normalized spacial score (nSPS) is 21.9. The molecule has 0 unspecified atom stereocenters. The lowest BCUT2D eigenvalue weighted by Crippen LogP contribution is -2.22. The predicted octanol–water partition coefficient (Wildman–Crippen LogP) is 3.41. The molecule has 0 aromatic carbocycles. The zero-order valence-corrected chi connectivity index (χ0v) is 13.4. The Kier molecular flexibility index (Phi) is 5.59. The highest BCUT2D eigenvalue weighted by Gasteiger charge is 2.17. The molecule has 1 fully saturated rings. The largest absolute Gasteiger partial charge is 0.385 e. The third-order valence-electron chi connectivity index (χ3n) is 4.40. The Morgan fingerprint density at radius 3 is 2.71 bits per heavy atom. The molecule has 0 aliphatic heterocycles. The zero-order chi connectivity index (χ0) is 15.2. The number of hydrogen-bond acceptors (Lipinski definition) is 3. The average molecular weight is 289 g/mol. The lowest BCUT2D eigenvalue weighted by atomic mass is 9.81. The quantitative estimate of drug-likeness (QED) is 0.903. The molecule has 4 nitrogen and oxygen atoms in total. The molecule has 2 rings (SSSR count). The van der Waals surface area contributed by atoms with Gasteiger partial charge < -0.3 is 10.2 Å². The van der Waals surface area contributed by atoms with Gasteiger partial charge in [0, 0.05) is 32.5 Å². The van der Waals surface area contributed by atoms with E-state index in [0.717, 1.165) is 24.1 Å². The molecule has 1 amide bonds.